The SMILES string of the molecule is C[Si]1(C)c2cc(-n3c4ccccc4c4cc(-n5c6ccccc6c6ccccc65)ccc43)ccc2-c2nc(-c3ccccc3)nc(-c3ccccc3)c21. The zero-order valence-corrected chi connectivity index (χ0v) is 30.5. The van der Waals surface area contributed by atoms with E-state index in [9.17, 15) is 0 Å². The maximum Gasteiger partial charge on any atom is 0.160 e. The van der Waals surface area contributed by atoms with Crippen LogP contribution < -0.4 is 10.4 Å². The molecule has 7 aromatic carbocycles. The van der Waals surface area contributed by atoms with Crippen LogP contribution in [0.15, 0.2) is 170 Å². The van der Waals surface area contributed by atoms with Gasteiger partial charge >= 0.3 is 0 Å². The number of aromatic nitrogens is 4. The van der Waals surface area contributed by atoms with Crippen LogP contribution >= 0.6 is 0 Å². The van der Waals surface area contributed by atoms with Crippen LogP contribution in [0, 0.1) is 0 Å². The molecule has 11 rings (SSSR count). The average molecular weight is 695 g/mol. The molecular weight excluding hydrogens is 661 g/mol. The second-order valence-electron chi connectivity index (χ2n) is 14.6. The fraction of sp³-hybridized carbons (Fsp3) is 0.0417. The van der Waals surface area contributed by atoms with E-state index in [4.69, 9.17) is 9.97 Å². The second kappa shape index (κ2) is 11.2. The van der Waals surface area contributed by atoms with Gasteiger partial charge in [-0.2, -0.15) is 0 Å². The van der Waals surface area contributed by atoms with Gasteiger partial charge in [-0.15, -0.1) is 0 Å². The minimum Gasteiger partial charge on any atom is -0.309 e. The van der Waals surface area contributed by atoms with Gasteiger partial charge in [0.15, 0.2) is 5.82 Å². The third-order valence-electron chi connectivity index (χ3n) is 11.3. The number of fused-ring (bicyclic) bond motifs is 9. The monoisotopic (exact) mass is 694 g/mol. The van der Waals surface area contributed by atoms with Crippen LogP contribution in [-0.4, -0.2) is 27.2 Å². The third kappa shape index (κ3) is 4.35. The highest BCUT2D eigenvalue weighted by molar-refractivity contribution is 7.04. The molecule has 250 valence electrons. The van der Waals surface area contributed by atoms with Crippen molar-refractivity contribution >= 4 is 62.1 Å². The van der Waals surface area contributed by atoms with E-state index >= 15 is 0 Å². The Hall–Kier alpha value is -6.56. The summed E-state index contributed by atoms with van der Waals surface area (Å²) in [5, 5.41) is 7.74. The van der Waals surface area contributed by atoms with Crippen molar-refractivity contribution in [2.75, 3.05) is 0 Å². The van der Waals surface area contributed by atoms with Crippen molar-refractivity contribution in [1.82, 2.24) is 19.1 Å². The van der Waals surface area contributed by atoms with E-state index in [0.29, 0.717) is 0 Å². The van der Waals surface area contributed by atoms with Gasteiger partial charge in [0.2, 0.25) is 0 Å². The predicted molar refractivity (Wildman–Crippen MR) is 224 cm³/mol. The molecule has 4 nitrogen and oxygen atoms in total. The number of benzene rings is 7. The minimum atomic E-state index is -2.25. The van der Waals surface area contributed by atoms with Gasteiger partial charge in [-0.3, -0.25) is 0 Å². The number of nitrogens with zero attached hydrogens (tertiary/aromatic N) is 4. The van der Waals surface area contributed by atoms with Gasteiger partial charge < -0.3 is 9.13 Å². The largest absolute Gasteiger partial charge is 0.309 e. The van der Waals surface area contributed by atoms with Crippen molar-refractivity contribution in [2.24, 2.45) is 0 Å². The van der Waals surface area contributed by atoms with E-state index in [-0.39, 0.29) is 0 Å². The lowest BCUT2D eigenvalue weighted by molar-refractivity contribution is 1.17. The first kappa shape index (κ1) is 30.1. The van der Waals surface area contributed by atoms with Crippen molar-refractivity contribution in [3.05, 3.63) is 170 Å². The van der Waals surface area contributed by atoms with Gasteiger partial charge in [-0.25, -0.2) is 9.97 Å². The molecule has 0 unspecified atom stereocenters. The Balaban J connectivity index is 1.12. The summed E-state index contributed by atoms with van der Waals surface area (Å²) in [7, 11) is -2.25. The molecule has 10 aromatic rings. The fourth-order valence-electron chi connectivity index (χ4n) is 8.88. The molecule has 0 saturated heterocycles. The predicted octanol–water partition coefficient (Wildman–Crippen LogP) is 10.8. The van der Waals surface area contributed by atoms with E-state index in [1.807, 2.05) is 6.07 Å². The molecule has 5 heteroatoms. The molecule has 53 heavy (non-hydrogen) atoms. The first-order chi connectivity index (χ1) is 26.1. The van der Waals surface area contributed by atoms with E-state index in [1.165, 1.54) is 65.2 Å². The Morgan fingerprint density at radius 2 is 0.887 bits per heavy atom. The smallest absolute Gasteiger partial charge is 0.160 e. The van der Waals surface area contributed by atoms with Crippen molar-refractivity contribution in [2.45, 2.75) is 13.1 Å². The summed E-state index contributed by atoms with van der Waals surface area (Å²) in [5.41, 5.74) is 12.7. The van der Waals surface area contributed by atoms with Crippen molar-refractivity contribution in [1.29, 1.82) is 0 Å². The minimum absolute atomic E-state index is 0.770. The van der Waals surface area contributed by atoms with Crippen LogP contribution in [-0.2, 0) is 0 Å². The molecule has 0 radical (unpaired) electrons. The number of hydrogen-bond acceptors (Lipinski definition) is 2. The van der Waals surface area contributed by atoms with Crippen LogP contribution in [0.2, 0.25) is 13.1 Å². The molecule has 0 atom stereocenters. The van der Waals surface area contributed by atoms with Crippen LogP contribution in [0.1, 0.15) is 0 Å². The van der Waals surface area contributed by atoms with E-state index in [2.05, 4.69) is 186 Å². The molecule has 0 N–H and O–H groups in total. The summed E-state index contributed by atoms with van der Waals surface area (Å²) in [5.74, 6) is 0.770. The molecule has 0 spiro atoms. The summed E-state index contributed by atoms with van der Waals surface area (Å²) >= 11 is 0. The fourth-order valence-corrected chi connectivity index (χ4v) is 12.1. The van der Waals surface area contributed by atoms with E-state index < -0.39 is 8.07 Å². The van der Waals surface area contributed by atoms with Crippen LogP contribution in [0.25, 0.3) is 88.9 Å². The van der Waals surface area contributed by atoms with Crippen molar-refractivity contribution in [3.63, 3.8) is 0 Å². The van der Waals surface area contributed by atoms with Crippen LogP contribution in [0.5, 0.6) is 0 Å². The lowest BCUT2D eigenvalue weighted by atomic mass is 10.1. The number of rotatable bonds is 4. The summed E-state index contributed by atoms with van der Waals surface area (Å²) in [6, 6.07) is 61.3. The topological polar surface area (TPSA) is 35.6 Å². The van der Waals surface area contributed by atoms with Gasteiger partial charge in [0, 0.05) is 44.0 Å². The molecule has 3 aromatic heterocycles. The molecule has 0 bridgehead atoms. The van der Waals surface area contributed by atoms with E-state index in [0.717, 1.165) is 34.0 Å². The van der Waals surface area contributed by atoms with Crippen molar-refractivity contribution in [3.8, 4) is 45.3 Å². The first-order valence-corrected chi connectivity index (χ1v) is 21.3. The Bertz CT molecular complexity index is 3030. The highest BCUT2D eigenvalue weighted by Gasteiger charge is 2.42. The molecule has 0 saturated carbocycles. The van der Waals surface area contributed by atoms with Gasteiger partial charge in [-0.05, 0) is 64.5 Å². The zero-order chi connectivity index (χ0) is 35.3. The first-order valence-electron chi connectivity index (χ1n) is 18.3. The van der Waals surface area contributed by atoms with Crippen LogP contribution in [0.3, 0.4) is 0 Å². The van der Waals surface area contributed by atoms with Crippen molar-refractivity contribution < 1.29 is 0 Å². The quantitative estimate of drug-likeness (QED) is 0.172. The highest BCUT2D eigenvalue weighted by atomic mass is 28.3. The van der Waals surface area contributed by atoms with Gasteiger partial charge in [0.05, 0.1) is 33.5 Å². The molecule has 4 heterocycles. The molecular formula is C48H34N4Si. The summed E-state index contributed by atoms with van der Waals surface area (Å²) < 4.78 is 4.86. The Morgan fingerprint density at radius 3 is 1.51 bits per heavy atom. The maximum absolute atomic E-state index is 5.33. The number of hydrogen-bond donors (Lipinski definition) is 0. The Labute approximate surface area is 308 Å². The summed E-state index contributed by atoms with van der Waals surface area (Å²) in [6.45, 7) is 4.92. The third-order valence-corrected chi connectivity index (χ3v) is 14.8. The van der Waals surface area contributed by atoms with Crippen LogP contribution in [0.4, 0.5) is 0 Å². The van der Waals surface area contributed by atoms with Gasteiger partial charge in [-0.1, -0.05) is 134 Å². The molecule has 0 aliphatic carbocycles. The Kier molecular flexibility index (Phi) is 6.37. The Morgan fingerprint density at radius 1 is 0.415 bits per heavy atom. The standard InChI is InChI=1S/C48H34N4Si/c1-53(2)44-30-34(25-27-38(44)46-47(53)45(31-15-5-3-6-16-31)49-48(50-46)32-17-7-4-8-18-32)52-42-24-14-11-21-37(42)39-29-33(26-28-43(39)52)51-40-22-12-9-19-35(40)36-20-10-13-23-41(36)51/h3-30H,1-2H3. The molecule has 1 aliphatic rings. The van der Waals surface area contributed by atoms with E-state index in [1.54, 1.807) is 0 Å². The lowest BCUT2D eigenvalue weighted by Gasteiger charge is -2.22. The molecule has 0 fully saturated rings. The highest BCUT2D eigenvalue weighted by Crippen LogP contribution is 2.39. The van der Waals surface area contributed by atoms with Gasteiger partial charge in [0.1, 0.15) is 8.07 Å². The lowest BCUT2D eigenvalue weighted by Crippen LogP contribution is -2.50. The molecule has 0 amide bonds. The second-order valence-corrected chi connectivity index (χ2v) is 18.9. The zero-order valence-electron chi connectivity index (χ0n) is 29.5. The number of para-hydroxylation sites is 3. The van der Waals surface area contributed by atoms with Gasteiger partial charge in [0.25, 0.3) is 0 Å². The summed E-state index contributed by atoms with van der Waals surface area (Å²) in [4.78, 5) is 10.6. The summed E-state index contributed by atoms with van der Waals surface area (Å²) in [6.07, 6.45) is 0. The maximum atomic E-state index is 5.33. The normalized spacial score (nSPS) is 13.2. The average Bonchev–Trinajstić information content (AvgIpc) is 3.81. The molecule has 1 aliphatic heterocycles.